The molecular weight excluding hydrogens is 332 g/mol. The molecule has 2 nitrogen and oxygen atoms in total. The van der Waals surface area contributed by atoms with Crippen LogP contribution in [0.1, 0.15) is 54.4 Å². The summed E-state index contributed by atoms with van der Waals surface area (Å²) in [6.45, 7) is 12.4. The van der Waals surface area contributed by atoms with Gasteiger partial charge in [-0.2, -0.15) is 0 Å². The summed E-state index contributed by atoms with van der Waals surface area (Å²) in [4.78, 5) is 10.5. The van der Waals surface area contributed by atoms with Gasteiger partial charge >= 0.3 is 0 Å². The number of hydrogen-bond donors (Lipinski definition) is 1. The molecule has 0 amide bonds. The van der Waals surface area contributed by atoms with E-state index in [1.165, 1.54) is 16.7 Å². The molecule has 0 fully saturated rings. The van der Waals surface area contributed by atoms with Gasteiger partial charge in [-0.05, 0) is 57.1 Å². The molecule has 2 heteroatoms. The van der Waals surface area contributed by atoms with Crippen LogP contribution in [0.2, 0.25) is 0 Å². The third kappa shape index (κ3) is 8.36. The fourth-order valence-corrected chi connectivity index (χ4v) is 3.31. The standard InChI is InChI=1S/C25H34O2/c1-19(10-7-8-11-21(3)18-26)12-9-13-20(2)14-15-24-22(4)16-23(27)17-25(24,5)6/h7-15,18,23,27H,16-17H2,1-6H3. The maximum absolute atomic E-state index is 10.5. The third-order valence-corrected chi connectivity index (χ3v) is 4.72. The Kier molecular flexibility index (Phi) is 9.17. The average Bonchev–Trinajstić information content (AvgIpc) is 2.56. The lowest BCUT2D eigenvalue weighted by Crippen LogP contribution is -2.28. The van der Waals surface area contributed by atoms with E-state index in [-0.39, 0.29) is 11.5 Å². The van der Waals surface area contributed by atoms with Gasteiger partial charge in [0.1, 0.15) is 6.29 Å². The zero-order valence-corrected chi connectivity index (χ0v) is 17.6. The Morgan fingerprint density at radius 3 is 2.11 bits per heavy atom. The molecule has 1 aliphatic carbocycles. The van der Waals surface area contributed by atoms with Crippen LogP contribution in [0.5, 0.6) is 0 Å². The molecule has 0 saturated heterocycles. The summed E-state index contributed by atoms with van der Waals surface area (Å²) in [6, 6.07) is 0. The molecular formula is C25H34O2. The van der Waals surface area contributed by atoms with Crippen molar-refractivity contribution in [2.24, 2.45) is 5.41 Å². The van der Waals surface area contributed by atoms with E-state index < -0.39 is 0 Å². The lowest BCUT2D eigenvalue weighted by Gasteiger charge is -2.35. The molecule has 1 aliphatic rings. The number of hydrogen-bond acceptors (Lipinski definition) is 2. The van der Waals surface area contributed by atoms with Gasteiger partial charge in [-0.15, -0.1) is 0 Å². The Hall–Kier alpha value is -2.19. The monoisotopic (exact) mass is 366 g/mol. The minimum atomic E-state index is -0.224. The molecule has 0 radical (unpaired) electrons. The van der Waals surface area contributed by atoms with E-state index in [0.29, 0.717) is 5.57 Å². The molecule has 0 bridgehead atoms. The zero-order valence-electron chi connectivity index (χ0n) is 17.6. The van der Waals surface area contributed by atoms with Gasteiger partial charge < -0.3 is 5.11 Å². The number of rotatable bonds is 7. The van der Waals surface area contributed by atoms with Crippen molar-refractivity contribution in [3.05, 3.63) is 82.5 Å². The van der Waals surface area contributed by atoms with Crippen LogP contribution < -0.4 is 0 Å². The Balaban J connectivity index is 2.74. The van der Waals surface area contributed by atoms with Crippen LogP contribution in [0.3, 0.4) is 0 Å². The molecule has 27 heavy (non-hydrogen) atoms. The number of aliphatic hydroxyl groups is 1. The van der Waals surface area contributed by atoms with E-state index in [4.69, 9.17) is 0 Å². The minimum Gasteiger partial charge on any atom is -0.393 e. The van der Waals surface area contributed by atoms with Gasteiger partial charge in [0.05, 0.1) is 6.10 Å². The highest BCUT2D eigenvalue weighted by Crippen LogP contribution is 2.40. The molecule has 1 rings (SSSR count). The fraction of sp³-hybridized carbons (Fsp3) is 0.400. The van der Waals surface area contributed by atoms with E-state index in [2.05, 4.69) is 52.0 Å². The van der Waals surface area contributed by atoms with Crippen molar-refractivity contribution in [2.45, 2.75) is 60.5 Å². The van der Waals surface area contributed by atoms with Crippen LogP contribution in [0.15, 0.2) is 82.5 Å². The summed E-state index contributed by atoms with van der Waals surface area (Å²) in [6.07, 6.45) is 20.3. The molecule has 0 heterocycles. The maximum atomic E-state index is 10.5. The van der Waals surface area contributed by atoms with Gasteiger partial charge in [-0.3, -0.25) is 4.79 Å². The van der Waals surface area contributed by atoms with Crippen molar-refractivity contribution < 1.29 is 9.90 Å². The number of allylic oxidation sites excluding steroid dienone is 13. The van der Waals surface area contributed by atoms with Crippen LogP contribution >= 0.6 is 0 Å². The van der Waals surface area contributed by atoms with Gasteiger partial charge in [-0.1, -0.05) is 85.3 Å². The van der Waals surface area contributed by atoms with E-state index in [1.807, 2.05) is 31.2 Å². The van der Waals surface area contributed by atoms with Crippen molar-refractivity contribution >= 4 is 6.29 Å². The van der Waals surface area contributed by atoms with Gasteiger partial charge in [0.2, 0.25) is 0 Å². The Bertz CT molecular complexity index is 734. The molecule has 0 spiro atoms. The van der Waals surface area contributed by atoms with Crippen LogP contribution in [0.4, 0.5) is 0 Å². The smallest absolute Gasteiger partial charge is 0.145 e. The minimum absolute atomic E-state index is 0.0106. The first-order valence-corrected chi connectivity index (χ1v) is 9.54. The molecule has 0 aliphatic heterocycles. The predicted octanol–water partition coefficient (Wildman–Crippen LogP) is 6.19. The SMILES string of the molecule is CC(C=O)=CC=CC=C(C)C=CC=C(C)C=CC1=C(C)CC(O)CC1(C)C. The second-order valence-electron chi connectivity index (χ2n) is 8.07. The predicted molar refractivity (Wildman–Crippen MR) is 116 cm³/mol. The Morgan fingerprint density at radius 1 is 0.963 bits per heavy atom. The van der Waals surface area contributed by atoms with E-state index in [1.54, 1.807) is 13.0 Å². The molecule has 1 atom stereocenters. The zero-order chi connectivity index (χ0) is 20.4. The average molecular weight is 367 g/mol. The molecule has 1 unspecified atom stereocenters. The molecule has 146 valence electrons. The second-order valence-corrected chi connectivity index (χ2v) is 8.07. The van der Waals surface area contributed by atoms with E-state index in [9.17, 15) is 9.90 Å². The lowest BCUT2D eigenvalue weighted by atomic mass is 9.71. The van der Waals surface area contributed by atoms with Gasteiger partial charge in [0.25, 0.3) is 0 Å². The highest BCUT2D eigenvalue weighted by Gasteiger charge is 2.31. The quantitative estimate of drug-likeness (QED) is 0.331. The number of carbonyl (C=O) groups excluding carboxylic acids is 1. The molecule has 0 aromatic rings. The fourth-order valence-electron chi connectivity index (χ4n) is 3.31. The second kappa shape index (κ2) is 10.8. The van der Waals surface area contributed by atoms with Crippen molar-refractivity contribution in [3.8, 4) is 0 Å². The maximum Gasteiger partial charge on any atom is 0.145 e. The molecule has 0 aromatic heterocycles. The first kappa shape index (κ1) is 22.9. The number of aldehydes is 1. The van der Waals surface area contributed by atoms with Gasteiger partial charge in [0, 0.05) is 0 Å². The van der Waals surface area contributed by atoms with Crippen molar-refractivity contribution in [3.63, 3.8) is 0 Å². The lowest BCUT2D eigenvalue weighted by molar-refractivity contribution is -0.104. The summed E-state index contributed by atoms with van der Waals surface area (Å²) in [5.41, 5.74) is 5.65. The first-order valence-electron chi connectivity index (χ1n) is 9.54. The number of aliphatic hydroxyl groups excluding tert-OH is 1. The molecule has 1 N–H and O–H groups in total. The Morgan fingerprint density at radius 2 is 1.52 bits per heavy atom. The normalized spacial score (nSPS) is 22.5. The topological polar surface area (TPSA) is 37.3 Å². The molecule has 0 aromatic carbocycles. The van der Waals surface area contributed by atoms with Crippen LogP contribution in [-0.2, 0) is 4.79 Å². The first-order chi connectivity index (χ1) is 12.7. The van der Waals surface area contributed by atoms with Crippen LogP contribution in [0.25, 0.3) is 0 Å². The van der Waals surface area contributed by atoms with Crippen molar-refractivity contribution in [1.82, 2.24) is 0 Å². The number of carbonyl (C=O) groups is 1. The summed E-state index contributed by atoms with van der Waals surface area (Å²) in [5, 5.41) is 9.99. The third-order valence-electron chi connectivity index (χ3n) is 4.72. The highest BCUT2D eigenvalue weighted by atomic mass is 16.3. The molecule has 0 saturated carbocycles. The van der Waals surface area contributed by atoms with Gasteiger partial charge in [0.15, 0.2) is 0 Å². The van der Waals surface area contributed by atoms with Crippen LogP contribution in [-0.4, -0.2) is 17.5 Å². The van der Waals surface area contributed by atoms with Gasteiger partial charge in [-0.25, -0.2) is 0 Å². The van der Waals surface area contributed by atoms with Crippen molar-refractivity contribution in [1.29, 1.82) is 0 Å². The summed E-state index contributed by atoms with van der Waals surface area (Å²) >= 11 is 0. The highest BCUT2D eigenvalue weighted by molar-refractivity contribution is 5.72. The largest absolute Gasteiger partial charge is 0.393 e. The van der Waals surface area contributed by atoms with Crippen LogP contribution in [0, 0.1) is 5.41 Å². The van der Waals surface area contributed by atoms with E-state index >= 15 is 0 Å². The van der Waals surface area contributed by atoms with Crippen molar-refractivity contribution in [2.75, 3.05) is 0 Å². The summed E-state index contributed by atoms with van der Waals surface area (Å²) in [5.74, 6) is 0. The summed E-state index contributed by atoms with van der Waals surface area (Å²) in [7, 11) is 0. The summed E-state index contributed by atoms with van der Waals surface area (Å²) < 4.78 is 0. The van der Waals surface area contributed by atoms with E-state index in [0.717, 1.165) is 24.7 Å². The Labute approximate surface area is 165 Å².